The number of rotatable bonds is 1. The highest BCUT2D eigenvalue weighted by atomic mass is 19.1. The summed E-state index contributed by atoms with van der Waals surface area (Å²) < 4.78 is 37.7. The number of halogens is 3. The van der Waals surface area contributed by atoms with Crippen LogP contribution in [-0.4, -0.2) is 6.17 Å². The van der Waals surface area contributed by atoms with Crippen molar-refractivity contribution >= 4 is 0 Å². The number of alkyl halides is 1. The maximum absolute atomic E-state index is 12.9. The number of benzene rings is 1. The zero-order valence-corrected chi connectivity index (χ0v) is 6.15. The lowest BCUT2D eigenvalue weighted by Gasteiger charge is -1.98. The summed E-state index contributed by atoms with van der Waals surface area (Å²) >= 11 is 0. The average Bonchev–Trinajstić information content (AvgIpc) is 2.66. The van der Waals surface area contributed by atoms with Crippen LogP contribution in [0, 0.1) is 17.6 Å². The van der Waals surface area contributed by atoms with Gasteiger partial charge < -0.3 is 0 Å². The van der Waals surface area contributed by atoms with Gasteiger partial charge in [-0.15, -0.1) is 0 Å². The first-order chi connectivity index (χ1) is 5.68. The molecule has 1 atom stereocenters. The molecule has 0 aliphatic heterocycles. The molecule has 12 heavy (non-hydrogen) atoms. The quantitative estimate of drug-likeness (QED) is 0.609. The molecule has 0 saturated heterocycles. The maximum atomic E-state index is 12.9. The summed E-state index contributed by atoms with van der Waals surface area (Å²) in [6.07, 6.45) is -0.743. The monoisotopic (exact) mass is 171 g/mol. The SMILES string of the molecule is Fc1ccc([C]2C[C@@H]2F)c(F)c1. The van der Waals surface area contributed by atoms with Crippen molar-refractivity contribution < 1.29 is 13.2 Å². The van der Waals surface area contributed by atoms with Crippen LogP contribution in [0.2, 0.25) is 0 Å². The predicted octanol–water partition coefficient (Wildman–Crippen LogP) is 2.63. The Morgan fingerprint density at radius 3 is 2.42 bits per heavy atom. The van der Waals surface area contributed by atoms with Gasteiger partial charge in [0.05, 0.1) is 0 Å². The third-order valence-electron chi connectivity index (χ3n) is 1.89. The van der Waals surface area contributed by atoms with Gasteiger partial charge in [-0.2, -0.15) is 0 Å². The van der Waals surface area contributed by atoms with E-state index >= 15 is 0 Å². The Labute approximate surface area is 68.0 Å². The van der Waals surface area contributed by atoms with Crippen LogP contribution in [0.4, 0.5) is 13.2 Å². The Balaban J connectivity index is 2.33. The van der Waals surface area contributed by atoms with Crippen molar-refractivity contribution in [3.05, 3.63) is 41.3 Å². The Hall–Kier alpha value is -0.990. The van der Waals surface area contributed by atoms with Gasteiger partial charge in [-0.25, -0.2) is 13.2 Å². The molecule has 0 aromatic heterocycles. The van der Waals surface area contributed by atoms with Crippen LogP contribution in [0.3, 0.4) is 0 Å². The second-order valence-electron chi connectivity index (χ2n) is 2.82. The summed E-state index contributed by atoms with van der Waals surface area (Å²) in [5.74, 6) is -0.870. The molecule has 1 aliphatic rings. The molecule has 1 aliphatic carbocycles. The average molecular weight is 171 g/mol. The Morgan fingerprint density at radius 1 is 1.25 bits per heavy atom. The van der Waals surface area contributed by atoms with E-state index in [-0.39, 0.29) is 12.0 Å². The van der Waals surface area contributed by atoms with Gasteiger partial charge in [-0.3, -0.25) is 0 Å². The molecule has 1 aromatic carbocycles. The van der Waals surface area contributed by atoms with Crippen molar-refractivity contribution in [1.29, 1.82) is 0 Å². The molecule has 0 unspecified atom stereocenters. The molecule has 0 spiro atoms. The maximum Gasteiger partial charge on any atom is 0.130 e. The fraction of sp³-hybridized carbons (Fsp3) is 0.222. The van der Waals surface area contributed by atoms with Gasteiger partial charge in [0.25, 0.3) is 0 Å². The lowest BCUT2D eigenvalue weighted by Crippen LogP contribution is -1.90. The van der Waals surface area contributed by atoms with Gasteiger partial charge in [0, 0.05) is 12.0 Å². The summed E-state index contributed by atoms with van der Waals surface area (Å²) in [6.45, 7) is 0. The fourth-order valence-electron chi connectivity index (χ4n) is 1.16. The fourth-order valence-corrected chi connectivity index (χ4v) is 1.16. The van der Waals surface area contributed by atoms with Crippen molar-refractivity contribution in [2.45, 2.75) is 12.6 Å². The van der Waals surface area contributed by atoms with Crippen LogP contribution in [0.25, 0.3) is 0 Å². The van der Waals surface area contributed by atoms with E-state index in [1.165, 1.54) is 6.07 Å². The highest BCUT2D eigenvalue weighted by Gasteiger charge is 2.41. The molecule has 3 heteroatoms. The molecule has 0 heterocycles. The standard InChI is InChI=1S/C9H6F3/c10-5-1-2-6(8(11)3-5)7-4-9(7)12/h1-3,9H,4H2/t9-/m0/s1. The molecule has 1 aromatic rings. The van der Waals surface area contributed by atoms with Crippen LogP contribution in [0.5, 0.6) is 0 Å². The van der Waals surface area contributed by atoms with E-state index in [1.807, 2.05) is 0 Å². The summed E-state index contributed by atoms with van der Waals surface area (Å²) in [7, 11) is 0. The van der Waals surface area contributed by atoms with Crippen molar-refractivity contribution in [2.75, 3.05) is 0 Å². The molecule has 1 saturated carbocycles. The third-order valence-corrected chi connectivity index (χ3v) is 1.89. The van der Waals surface area contributed by atoms with Crippen LogP contribution in [-0.2, 0) is 0 Å². The van der Waals surface area contributed by atoms with E-state index in [9.17, 15) is 13.2 Å². The third kappa shape index (κ3) is 1.19. The summed E-state index contributed by atoms with van der Waals surface area (Å²) in [4.78, 5) is 0. The van der Waals surface area contributed by atoms with Gasteiger partial charge in [0.2, 0.25) is 0 Å². The van der Waals surface area contributed by atoms with Crippen molar-refractivity contribution in [3.8, 4) is 0 Å². The van der Waals surface area contributed by atoms with E-state index in [0.29, 0.717) is 5.92 Å². The first kappa shape index (κ1) is 7.65. The first-order valence-corrected chi connectivity index (χ1v) is 3.63. The molecule has 63 valence electrons. The molecular weight excluding hydrogens is 165 g/mol. The summed E-state index contributed by atoms with van der Waals surface area (Å²) in [5, 5.41) is 0. The van der Waals surface area contributed by atoms with E-state index in [1.54, 1.807) is 0 Å². The zero-order valence-electron chi connectivity index (χ0n) is 6.15. The molecule has 2 rings (SSSR count). The molecule has 0 bridgehead atoms. The van der Waals surface area contributed by atoms with Crippen LogP contribution < -0.4 is 0 Å². The minimum Gasteiger partial charge on any atom is -0.246 e. The lowest BCUT2D eigenvalue weighted by atomic mass is 10.1. The second kappa shape index (κ2) is 2.51. The van der Waals surface area contributed by atoms with E-state index in [2.05, 4.69) is 0 Å². The van der Waals surface area contributed by atoms with Gasteiger partial charge in [-0.1, -0.05) is 6.07 Å². The van der Waals surface area contributed by atoms with Crippen molar-refractivity contribution in [1.82, 2.24) is 0 Å². The lowest BCUT2D eigenvalue weighted by molar-refractivity contribution is 0.485. The molecule has 1 fully saturated rings. The van der Waals surface area contributed by atoms with E-state index < -0.39 is 17.8 Å². The Kier molecular flexibility index (Phi) is 1.60. The largest absolute Gasteiger partial charge is 0.246 e. The van der Waals surface area contributed by atoms with Gasteiger partial charge >= 0.3 is 0 Å². The molecule has 0 nitrogen and oxygen atoms in total. The van der Waals surface area contributed by atoms with Gasteiger partial charge in [0.15, 0.2) is 0 Å². The highest BCUT2D eigenvalue weighted by Crippen LogP contribution is 2.43. The van der Waals surface area contributed by atoms with Crippen LogP contribution in [0.15, 0.2) is 18.2 Å². The Morgan fingerprint density at radius 2 is 1.92 bits per heavy atom. The summed E-state index contributed by atoms with van der Waals surface area (Å²) in [6, 6.07) is 3.18. The summed E-state index contributed by atoms with van der Waals surface area (Å²) in [5.41, 5.74) is 0.212. The first-order valence-electron chi connectivity index (χ1n) is 3.63. The smallest absolute Gasteiger partial charge is 0.130 e. The van der Waals surface area contributed by atoms with Crippen molar-refractivity contribution in [2.24, 2.45) is 0 Å². The number of hydrogen-bond donors (Lipinski definition) is 0. The number of hydrogen-bond acceptors (Lipinski definition) is 0. The molecular formula is C9H6F3. The van der Waals surface area contributed by atoms with Crippen LogP contribution >= 0.6 is 0 Å². The van der Waals surface area contributed by atoms with E-state index in [4.69, 9.17) is 0 Å². The predicted molar refractivity (Wildman–Crippen MR) is 38.2 cm³/mol. The second-order valence-corrected chi connectivity index (χ2v) is 2.82. The van der Waals surface area contributed by atoms with Crippen molar-refractivity contribution in [3.63, 3.8) is 0 Å². The van der Waals surface area contributed by atoms with Gasteiger partial charge in [0.1, 0.15) is 17.8 Å². The highest BCUT2D eigenvalue weighted by molar-refractivity contribution is 5.42. The normalized spacial score (nSPS) is 22.8. The topological polar surface area (TPSA) is 0 Å². The van der Waals surface area contributed by atoms with Crippen LogP contribution in [0.1, 0.15) is 12.0 Å². The minimum atomic E-state index is -1.02. The molecule has 0 N–H and O–H groups in total. The molecule has 1 radical (unpaired) electrons. The zero-order chi connectivity index (χ0) is 8.72. The minimum absolute atomic E-state index is 0.212. The van der Waals surface area contributed by atoms with Gasteiger partial charge in [-0.05, 0) is 18.1 Å². The Bertz CT molecular complexity index is 309. The molecule has 0 amide bonds. The van der Waals surface area contributed by atoms with E-state index in [0.717, 1.165) is 12.1 Å².